The molecule has 2 N–H and O–H groups in total. The number of nitrogens with one attached hydrogen (secondary N) is 1. The molecule has 7 nitrogen and oxygen atoms in total. The summed E-state index contributed by atoms with van der Waals surface area (Å²) in [6, 6.07) is 4.39. The Hall–Kier alpha value is -2.60. The summed E-state index contributed by atoms with van der Waals surface area (Å²) in [4.78, 5) is 30.7. The molecule has 0 spiro atoms. The molecule has 0 bridgehead atoms. The number of carbonyl (C=O) groups is 2. The third kappa shape index (κ3) is 4.49. The number of oxime groups is 1. The Morgan fingerprint density at radius 2 is 1.83 bits per heavy atom. The van der Waals surface area contributed by atoms with E-state index < -0.39 is 63.7 Å². The van der Waals surface area contributed by atoms with Crippen molar-refractivity contribution in [3.63, 3.8) is 0 Å². The standard InChI is InChI=1S/C22H16Cl3F4N3O4/c1-32-17(33)7-15(20(32)35)30-19(34)11-3-2-9(4-12(11)23)16-8-21(36-31-16,22(27,28)29)10-5-13(24)18(26)14(25)6-10/h2-6,15,17,33H,7-8H2,1H3,(H,30,34). The van der Waals surface area contributed by atoms with E-state index in [4.69, 9.17) is 39.6 Å². The van der Waals surface area contributed by atoms with Gasteiger partial charge in [-0.15, -0.1) is 0 Å². The van der Waals surface area contributed by atoms with Crippen LogP contribution in [0, 0.1) is 5.82 Å². The van der Waals surface area contributed by atoms with Gasteiger partial charge in [-0.2, -0.15) is 13.2 Å². The van der Waals surface area contributed by atoms with Gasteiger partial charge in [0.1, 0.15) is 12.3 Å². The minimum Gasteiger partial charge on any atom is -0.374 e. The van der Waals surface area contributed by atoms with Gasteiger partial charge >= 0.3 is 6.18 Å². The van der Waals surface area contributed by atoms with Gasteiger partial charge in [0.05, 0.1) is 26.3 Å². The fourth-order valence-electron chi connectivity index (χ4n) is 3.95. The Morgan fingerprint density at radius 1 is 1.19 bits per heavy atom. The van der Waals surface area contributed by atoms with Gasteiger partial charge in [-0.05, 0) is 24.3 Å². The van der Waals surface area contributed by atoms with Gasteiger partial charge in [-0.25, -0.2) is 4.39 Å². The first-order valence-corrected chi connectivity index (χ1v) is 11.4. The molecule has 2 amide bonds. The van der Waals surface area contributed by atoms with Crippen LogP contribution in [0.3, 0.4) is 0 Å². The van der Waals surface area contributed by atoms with Gasteiger partial charge in [0.2, 0.25) is 5.91 Å². The molecule has 4 rings (SSSR count). The lowest BCUT2D eigenvalue weighted by Gasteiger charge is -2.29. The predicted molar refractivity (Wildman–Crippen MR) is 122 cm³/mol. The maximum absolute atomic E-state index is 14.2. The summed E-state index contributed by atoms with van der Waals surface area (Å²) in [5.41, 5.74) is -3.58. The number of aliphatic hydroxyl groups excluding tert-OH is 1. The summed E-state index contributed by atoms with van der Waals surface area (Å²) in [6.45, 7) is 0. The van der Waals surface area contributed by atoms with Gasteiger partial charge in [0.25, 0.3) is 11.5 Å². The molecule has 36 heavy (non-hydrogen) atoms. The van der Waals surface area contributed by atoms with Crippen LogP contribution in [0.15, 0.2) is 35.5 Å². The molecular formula is C22H16Cl3F4N3O4. The quantitative estimate of drug-likeness (QED) is 0.415. The molecule has 1 saturated heterocycles. The van der Waals surface area contributed by atoms with Crippen LogP contribution in [-0.2, 0) is 15.2 Å². The zero-order chi connectivity index (χ0) is 26.6. The molecular weight excluding hydrogens is 553 g/mol. The van der Waals surface area contributed by atoms with Gasteiger partial charge in [0.15, 0.2) is 5.82 Å². The predicted octanol–water partition coefficient (Wildman–Crippen LogP) is 4.65. The molecule has 14 heteroatoms. The number of benzene rings is 2. The Kier molecular flexibility index (Phi) is 6.89. The molecule has 0 radical (unpaired) electrons. The number of likely N-dealkylation sites (tertiary alicyclic amines) is 1. The molecule has 0 aliphatic carbocycles. The number of carbonyl (C=O) groups excluding carboxylic acids is 2. The van der Waals surface area contributed by atoms with E-state index in [1.54, 1.807) is 0 Å². The lowest BCUT2D eigenvalue weighted by atomic mass is 9.86. The van der Waals surface area contributed by atoms with Crippen LogP contribution >= 0.6 is 34.8 Å². The van der Waals surface area contributed by atoms with E-state index in [0.717, 1.165) is 17.0 Å². The number of hydrogen-bond acceptors (Lipinski definition) is 5. The first kappa shape index (κ1) is 26.5. The number of likely N-dealkylation sites (N-methyl/N-ethyl adjacent to an activating group) is 1. The normalized spacial score (nSPS) is 24.1. The topological polar surface area (TPSA) is 91.2 Å². The second kappa shape index (κ2) is 9.37. The SMILES string of the molecule is CN1C(=O)C(NC(=O)c2ccc(C3=NOC(c4cc(Cl)c(F)c(Cl)c4)(C(F)(F)F)C3)cc2Cl)CC1O. The van der Waals surface area contributed by atoms with E-state index >= 15 is 0 Å². The van der Waals surface area contributed by atoms with Crippen molar-refractivity contribution in [3.05, 3.63) is 67.9 Å². The molecule has 2 aliphatic rings. The number of halogens is 7. The minimum absolute atomic E-state index is 0.0120. The molecule has 2 aromatic carbocycles. The lowest BCUT2D eigenvalue weighted by molar-refractivity contribution is -0.275. The van der Waals surface area contributed by atoms with E-state index in [1.807, 2.05) is 0 Å². The Bertz CT molecular complexity index is 1270. The average molecular weight is 569 g/mol. The summed E-state index contributed by atoms with van der Waals surface area (Å²) < 4.78 is 56.3. The molecule has 2 heterocycles. The molecule has 192 valence electrons. The van der Waals surface area contributed by atoms with Crippen molar-refractivity contribution in [3.8, 4) is 0 Å². The largest absolute Gasteiger partial charge is 0.435 e. The average Bonchev–Trinajstić information content (AvgIpc) is 3.36. The van der Waals surface area contributed by atoms with Crippen molar-refractivity contribution >= 4 is 52.3 Å². The number of hydrogen-bond donors (Lipinski definition) is 2. The van der Waals surface area contributed by atoms with E-state index in [1.165, 1.54) is 25.2 Å². The van der Waals surface area contributed by atoms with Gasteiger partial charge in [-0.3, -0.25) is 9.59 Å². The Labute approximate surface area is 216 Å². The molecule has 0 aromatic heterocycles. The van der Waals surface area contributed by atoms with E-state index in [-0.39, 0.29) is 28.3 Å². The Morgan fingerprint density at radius 3 is 2.36 bits per heavy atom. The van der Waals surface area contributed by atoms with Crippen LogP contribution in [0.1, 0.15) is 34.3 Å². The van der Waals surface area contributed by atoms with Gasteiger partial charge in [-0.1, -0.05) is 46.0 Å². The Balaban J connectivity index is 1.58. The van der Waals surface area contributed by atoms with Crippen LogP contribution in [0.25, 0.3) is 0 Å². The van der Waals surface area contributed by atoms with E-state index in [2.05, 4.69) is 10.5 Å². The minimum atomic E-state index is -4.99. The fourth-order valence-corrected chi connectivity index (χ4v) is 4.70. The van der Waals surface area contributed by atoms with Crippen molar-refractivity contribution in [2.24, 2.45) is 5.16 Å². The van der Waals surface area contributed by atoms with Crippen LogP contribution in [-0.4, -0.2) is 53.0 Å². The van der Waals surface area contributed by atoms with E-state index in [0.29, 0.717) is 0 Å². The third-order valence-corrected chi connectivity index (χ3v) is 6.89. The summed E-state index contributed by atoms with van der Waals surface area (Å²) >= 11 is 17.6. The van der Waals surface area contributed by atoms with Gasteiger partial charge < -0.3 is 20.2 Å². The summed E-state index contributed by atoms with van der Waals surface area (Å²) in [5, 5.41) is 14.5. The highest BCUT2D eigenvalue weighted by Gasteiger charge is 2.62. The fraction of sp³-hybridized carbons (Fsp3) is 0.318. The summed E-state index contributed by atoms with van der Waals surface area (Å²) in [7, 11) is 1.39. The van der Waals surface area contributed by atoms with Gasteiger partial charge in [0, 0.05) is 31.0 Å². The van der Waals surface area contributed by atoms with E-state index in [9.17, 15) is 32.3 Å². The lowest BCUT2D eigenvalue weighted by Crippen LogP contribution is -2.42. The second-order valence-corrected chi connectivity index (χ2v) is 9.49. The smallest absolute Gasteiger partial charge is 0.374 e. The molecule has 2 aromatic rings. The van der Waals surface area contributed by atoms with Crippen molar-refractivity contribution in [2.75, 3.05) is 7.05 Å². The highest BCUT2D eigenvalue weighted by Crippen LogP contribution is 2.50. The van der Waals surface area contributed by atoms with Crippen molar-refractivity contribution < 1.29 is 37.1 Å². The maximum atomic E-state index is 14.2. The highest BCUT2D eigenvalue weighted by atomic mass is 35.5. The number of nitrogens with zero attached hydrogens (tertiary/aromatic N) is 2. The van der Waals surface area contributed by atoms with Crippen LogP contribution < -0.4 is 5.32 Å². The van der Waals surface area contributed by atoms with Crippen LogP contribution in [0.5, 0.6) is 0 Å². The monoisotopic (exact) mass is 567 g/mol. The number of amides is 2. The molecule has 3 atom stereocenters. The zero-order valence-electron chi connectivity index (χ0n) is 18.2. The number of aliphatic hydroxyl groups is 1. The second-order valence-electron chi connectivity index (χ2n) is 8.27. The number of alkyl halides is 3. The number of rotatable bonds is 4. The molecule has 1 fully saturated rings. The first-order chi connectivity index (χ1) is 16.7. The van der Waals surface area contributed by atoms with Crippen molar-refractivity contribution in [1.82, 2.24) is 10.2 Å². The van der Waals surface area contributed by atoms with Crippen molar-refractivity contribution in [2.45, 2.75) is 36.9 Å². The van der Waals surface area contributed by atoms with Crippen LogP contribution in [0.2, 0.25) is 15.1 Å². The maximum Gasteiger partial charge on any atom is 0.435 e. The zero-order valence-corrected chi connectivity index (χ0v) is 20.4. The van der Waals surface area contributed by atoms with Crippen LogP contribution in [0.4, 0.5) is 17.6 Å². The summed E-state index contributed by atoms with van der Waals surface area (Å²) in [6.07, 6.45) is -6.85. The van der Waals surface area contributed by atoms with Crippen molar-refractivity contribution in [1.29, 1.82) is 0 Å². The molecule has 0 saturated carbocycles. The summed E-state index contributed by atoms with van der Waals surface area (Å²) in [5.74, 6) is -2.26. The third-order valence-electron chi connectivity index (χ3n) is 6.03. The molecule has 3 unspecified atom stereocenters. The first-order valence-electron chi connectivity index (χ1n) is 10.3. The molecule has 2 aliphatic heterocycles. The highest BCUT2D eigenvalue weighted by molar-refractivity contribution is 6.35.